The quantitative estimate of drug-likeness (QED) is 0.374. The number of thiol groups is 1. The summed E-state index contributed by atoms with van der Waals surface area (Å²) in [6.45, 7) is 2.48. The summed E-state index contributed by atoms with van der Waals surface area (Å²) in [5.41, 5.74) is 0. The van der Waals surface area contributed by atoms with Gasteiger partial charge in [0.15, 0.2) is 0 Å². The first-order chi connectivity index (χ1) is 2.77. The van der Waals surface area contributed by atoms with Gasteiger partial charge in [-0.05, 0) is 19.1 Å². The Morgan fingerprint density at radius 3 is 2.29 bits per heavy atom. The Bertz CT molecular complexity index is 56.9. The third-order valence-corrected chi connectivity index (χ3v) is 0.515. The van der Waals surface area contributed by atoms with Gasteiger partial charge in [-0.2, -0.15) is 0 Å². The van der Waals surface area contributed by atoms with Crippen molar-refractivity contribution in [2.75, 3.05) is 6.61 Å². The van der Waals surface area contributed by atoms with Crippen molar-refractivity contribution in [3.8, 4) is 0 Å². The number of ether oxygens (including phenoxy) is 1. The molecule has 0 heterocycles. The minimum atomic E-state index is 0. The average Bonchev–Trinajstić information content (AvgIpc) is 1.35. The molecule has 0 unspecified atom stereocenters. The Hall–Kier alpha value is 0.759. The van der Waals surface area contributed by atoms with Crippen molar-refractivity contribution in [2.45, 2.75) is 6.92 Å². The van der Waals surface area contributed by atoms with Gasteiger partial charge in [0.2, 0.25) is 4.38 Å². The summed E-state index contributed by atoms with van der Waals surface area (Å²) in [5, 5.41) is 0. The molecule has 0 aromatic carbocycles. The van der Waals surface area contributed by atoms with Crippen molar-refractivity contribution in [1.29, 1.82) is 0 Å². The third kappa shape index (κ3) is 10.8. The van der Waals surface area contributed by atoms with Gasteiger partial charge in [-0.1, -0.05) is 12.6 Å². The third-order valence-electron chi connectivity index (χ3n) is 0.268. The van der Waals surface area contributed by atoms with Crippen LogP contribution in [0, 0.1) is 0 Å². The predicted molar refractivity (Wildman–Crippen MR) is 33.2 cm³/mol. The van der Waals surface area contributed by atoms with Gasteiger partial charge in [0.1, 0.15) is 0 Å². The molecular formula is C3H6CuOS2. The smallest absolute Gasteiger partial charge is 0.216 e. The summed E-state index contributed by atoms with van der Waals surface area (Å²) in [5.74, 6) is 0. The molecule has 4 heteroatoms. The maximum Gasteiger partial charge on any atom is 0.216 e. The molecule has 0 aliphatic heterocycles. The monoisotopic (exact) mass is 185 g/mol. The molecule has 0 aliphatic rings. The summed E-state index contributed by atoms with van der Waals surface area (Å²) < 4.78 is 4.95. The fraction of sp³-hybridized carbons (Fsp3) is 0.667. The van der Waals surface area contributed by atoms with Crippen LogP contribution in [-0.2, 0) is 21.8 Å². The summed E-state index contributed by atoms with van der Waals surface area (Å²) in [7, 11) is 0. The van der Waals surface area contributed by atoms with Gasteiger partial charge in [0.25, 0.3) is 0 Å². The fourth-order valence-corrected chi connectivity index (χ4v) is 0.370. The normalized spacial score (nSPS) is 6.57. The Kier molecular flexibility index (Phi) is 10.3. The summed E-state index contributed by atoms with van der Waals surface area (Å²) in [4.78, 5) is 0. The molecule has 0 atom stereocenters. The molecule has 0 bridgehead atoms. The molecule has 0 saturated carbocycles. The molecule has 1 nitrogen and oxygen atoms in total. The number of thiocarbonyl (C=S) groups is 1. The van der Waals surface area contributed by atoms with Gasteiger partial charge < -0.3 is 4.74 Å². The largest absolute Gasteiger partial charge is 0.479 e. The Morgan fingerprint density at radius 1 is 1.86 bits per heavy atom. The van der Waals surface area contributed by atoms with Gasteiger partial charge >= 0.3 is 0 Å². The second kappa shape index (κ2) is 6.76. The Balaban J connectivity index is 0. The van der Waals surface area contributed by atoms with Crippen LogP contribution in [0.3, 0.4) is 0 Å². The van der Waals surface area contributed by atoms with Crippen LogP contribution in [0.2, 0.25) is 0 Å². The van der Waals surface area contributed by atoms with Crippen molar-refractivity contribution >= 4 is 29.2 Å². The zero-order chi connectivity index (χ0) is 4.99. The first kappa shape index (κ1) is 10.7. The van der Waals surface area contributed by atoms with Crippen LogP contribution in [0.1, 0.15) is 6.92 Å². The van der Waals surface area contributed by atoms with E-state index in [4.69, 9.17) is 0 Å². The summed E-state index contributed by atoms with van der Waals surface area (Å²) >= 11 is 8.12. The van der Waals surface area contributed by atoms with E-state index in [0.29, 0.717) is 11.0 Å². The number of rotatable bonds is 1. The van der Waals surface area contributed by atoms with Crippen LogP contribution in [0.15, 0.2) is 0 Å². The second-order valence-electron chi connectivity index (χ2n) is 0.699. The topological polar surface area (TPSA) is 9.23 Å². The molecule has 0 spiro atoms. The van der Waals surface area contributed by atoms with E-state index in [-0.39, 0.29) is 17.1 Å². The van der Waals surface area contributed by atoms with Gasteiger partial charge in [0.05, 0.1) is 6.61 Å². The maximum absolute atomic E-state index is 4.64. The SMILES string of the molecule is CCOC(=S)S.[Cu]. The van der Waals surface area contributed by atoms with Crippen molar-refractivity contribution in [3.63, 3.8) is 0 Å². The van der Waals surface area contributed by atoms with Crippen molar-refractivity contribution in [3.05, 3.63) is 0 Å². The first-order valence-corrected chi connectivity index (χ1v) is 2.48. The van der Waals surface area contributed by atoms with Crippen LogP contribution in [-0.4, -0.2) is 11.0 Å². The van der Waals surface area contributed by atoms with Crippen molar-refractivity contribution < 1.29 is 21.8 Å². The fourth-order valence-electron chi connectivity index (χ4n) is 0.123. The predicted octanol–water partition coefficient (Wildman–Crippen LogP) is 1.24. The Labute approximate surface area is 64.7 Å². The molecule has 1 radical (unpaired) electrons. The molecule has 7 heavy (non-hydrogen) atoms. The van der Waals surface area contributed by atoms with E-state index in [1.54, 1.807) is 0 Å². The minimum absolute atomic E-state index is 0. The van der Waals surface area contributed by atoms with Crippen molar-refractivity contribution in [1.82, 2.24) is 0 Å². The van der Waals surface area contributed by atoms with Gasteiger partial charge in [-0.15, -0.1) is 0 Å². The zero-order valence-corrected chi connectivity index (χ0v) is 6.42. The van der Waals surface area contributed by atoms with E-state index in [0.717, 1.165) is 0 Å². The second-order valence-corrected chi connectivity index (χ2v) is 1.78. The van der Waals surface area contributed by atoms with Crippen LogP contribution in [0.4, 0.5) is 0 Å². The first-order valence-electron chi connectivity index (χ1n) is 1.63. The number of hydrogen-bond acceptors (Lipinski definition) is 2. The van der Waals surface area contributed by atoms with Crippen LogP contribution in [0.5, 0.6) is 0 Å². The molecule has 0 aromatic rings. The standard InChI is InChI=1S/C3H6OS2.Cu/c1-2-4-3(5)6;/h2H2,1H3,(H,5,6);. The van der Waals surface area contributed by atoms with Gasteiger partial charge in [-0.3, -0.25) is 0 Å². The van der Waals surface area contributed by atoms with E-state index in [2.05, 4.69) is 29.6 Å². The molecule has 0 rings (SSSR count). The van der Waals surface area contributed by atoms with Crippen LogP contribution in [0.25, 0.3) is 0 Å². The van der Waals surface area contributed by atoms with Crippen LogP contribution >= 0.6 is 24.8 Å². The summed E-state index contributed by atoms with van der Waals surface area (Å²) in [6, 6.07) is 0. The van der Waals surface area contributed by atoms with Crippen molar-refractivity contribution in [2.24, 2.45) is 0 Å². The molecule has 0 aromatic heterocycles. The molecule has 47 valence electrons. The molecular weight excluding hydrogens is 180 g/mol. The average molecular weight is 186 g/mol. The maximum atomic E-state index is 4.64. The van der Waals surface area contributed by atoms with Crippen LogP contribution < -0.4 is 0 Å². The summed E-state index contributed by atoms with van der Waals surface area (Å²) in [6.07, 6.45) is 0. The molecule has 0 amide bonds. The van der Waals surface area contributed by atoms with E-state index in [9.17, 15) is 0 Å². The molecule has 0 aliphatic carbocycles. The van der Waals surface area contributed by atoms with Gasteiger partial charge in [0, 0.05) is 17.1 Å². The van der Waals surface area contributed by atoms with E-state index < -0.39 is 0 Å². The zero-order valence-electron chi connectivity index (χ0n) is 3.77. The number of hydrogen-bond donors (Lipinski definition) is 1. The van der Waals surface area contributed by atoms with E-state index in [1.165, 1.54) is 0 Å². The molecule has 0 fully saturated rings. The Morgan fingerprint density at radius 2 is 2.29 bits per heavy atom. The van der Waals surface area contributed by atoms with E-state index in [1.807, 2.05) is 6.92 Å². The molecule has 0 N–H and O–H groups in total. The van der Waals surface area contributed by atoms with Gasteiger partial charge in [-0.25, -0.2) is 0 Å². The van der Waals surface area contributed by atoms with E-state index >= 15 is 0 Å². The molecule has 0 saturated heterocycles. The minimum Gasteiger partial charge on any atom is -0.479 e.